The Bertz CT molecular complexity index is 183. The molecular weight excluding hydrogens is 183 g/mol. The second kappa shape index (κ2) is 2.58. The van der Waals surface area contributed by atoms with Crippen molar-refractivity contribution in [2.24, 2.45) is 0 Å². The van der Waals surface area contributed by atoms with Gasteiger partial charge in [-0.3, -0.25) is 0 Å². The molecule has 1 aliphatic heterocycles. The van der Waals surface area contributed by atoms with E-state index in [0.717, 1.165) is 4.67 Å². The normalized spacial score (nSPS) is 33.4. The maximum atomic E-state index is 14.2. The van der Waals surface area contributed by atoms with E-state index in [4.69, 9.17) is 0 Å². The van der Waals surface area contributed by atoms with Gasteiger partial charge in [0.1, 0.15) is 0 Å². The van der Waals surface area contributed by atoms with Gasteiger partial charge in [-0.25, -0.2) is 0 Å². The van der Waals surface area contributed by atoms with Crippen LogP contribution in [0.5, 0.6) is 0 Å². The fraction of sp³-hybridized carbons (Fsp3) is 1.00. The van der Waals surface area contributed by atoms with E-state index < -0.39 is 7.68 Å². The van der Waals surface area contributed by atoms with Crippen molar-refractivity contribution in [2.45, 2.75) is 0 Å². The third-order valence-electron chi connectivity index (χ3n) is 2.53. The predicted octanol–water partition coefficient (Wildman–Crippen LogP) is 1.49. The van der Waals surface area contributed by atoms with Crippen LogP contribution < -0.4 is 0 Å². The number of likely N-dealkylation sites (N-methyl/N-ethyl adjacent to an activating group) is 2. The first kappa shape index (κ1) is 10.3. The van der Waals surface area contributed by atoms with Gasteiger partial charge in [-0.05, 0) is 0 Å². The molecule has 1 heterocycles. The molecule has 0 bridgehead atoms. The fourth-order valence-electron chi connectivity index (χ4n) is 1.49. The van der Waals surface area contributed by atoms with E-state index in [1.807, 2.05) is 0 Å². The summed E-state index contributed by atoms with van der Waals surface area (Å²) in [4.78, 5) is 0. The molecule has 0 N–H and O–H groups in total. The van der Waals surface area contributed by atoms with Gasteiger partial charge in [0.15, 0.2) is 0 Å². The quantitative estimate of drug-likeness (QED) is 0.592. The SMILES string of the molecule is CN(C)P1(F)(F)N(C)CCN1C. The number of hydrogen-bond donors (Lipinski definition) is 0. The summed E-state index contributed by atoms with van der Waals surface area (Å²) in [6.07, 6.45) is 0. The van der Waals surface area contributed by atoms with Crippen LogP contribution in [0.25, 0.3) is 0 Å². The molecule has 1 aliphatic rings. The van der Waals surface area contributed by atoms with Crippen molar-refractivity contribution in [3.8, 4) is 0 Å². The average molecular weight is 199 g/mol. The molecule has 0 atom stereocenters. The van der Waals surface area contributed by atoms with Crippen molar-refractivity contribution in [1.29, 1.82) is 0 Å². The van der Waals surface area contributed by atoms with Gasteiger partial charge in [-0.1, -0.05) is 0 Å². The van der Waals surface area contributed by atoms with Crippen LogP contribution in [0.15, 0.2) is 0 Å². The summed E-state index contributed by atoms with van der Waals surface area (Å²) < 4.78 is 31.7. The minimum atomic E-state index is -4.84. The number of rotatable bonds is 1. The molecular formula is C6H16F2N3P. The van der Waals surface area contributed by atoms with E-state index in [-0.39, 0.29) is 0 Å². The molecule has 1 fully saturated rings. The van der Waals surface area contributed by atoms with Crippen LogP contribution in [0, 0.1) is 0 Å². The Balaban J connectivity index is 3.07. The monoisotopic (exact) mass is 199 g/mol. The summed E-state index contributed by atoms with van der Waals surface area (Å²) in [5, 5.41) is 0. The Morgan fingerprint density at radius 3 is 1.58 bits per heavy atom. The van der Waals surface area contributed by atoms with Crippen molar-refractivity contribution in [3.63, 3.8) is 0 Å². The second-order valence-corrected chi connectivity index (χ2v) is 7.13. The van der Waals surface area contributed by atoms with E-state index >= 15 is 0 Å². The van der Waals surface area contributed by atoms with Gasteiger partial charge in [-0.15, -0.1) is 0 Å². The Morgan fingerprint density at radius 2 is 1.42 bits per heavy atom. The van der Waals surface area contributed by atoms with E-state index in [2.05, 4.69) is 0 Å². The van der Waals surface area contributed by atoms with Gasteiger partial charge < -0.3 is 0 Å². The second-order valence-electron chi connectivity index (χ2n) is 3.40. The molecule has 0 amide bonds. The topological polar surface area (TPSA) is 9.72 Å². The minimum absolute atomic E-state index is 0.444. The number of nitrogens with zero attached hydrogens (tertiary/aromatic N) is 3. The molecule has 0 spiro atoms. The molecule has 1 rings (SSSR count). The van der Waals surface area contributed by atoms with Crippen LogP contribution in [0.1, 0.15) is 0 Å². The molecule has 0 aromatic carbocycles. The molecule has 1 saturated heterocycles. The first-order valence-corrected chi connectivity index (χ1v) is 5.74. The zero-order valence-electron chi connectivity index (χ0n) is 7.96. The zero-order chi connectivity index (χ0) is 9.59. The van der Waals surface area contributed by atoms with Crippen molar-refractivity contribution in [1.82, 2.24) is 14.0 Å². The van der Waals surface area contributed by atoms with Crippen LogP contribution in [0.3, 0.4) is 0 Å². The summed E-state index contributed by atoms with van der Waals surface area (Å²) in [6, 6.07) is 0. The van der Waals surface area contributed by atoms with Gasteiger partial charge >= 0.3 is 71.4 Å². The molecule has 0 unspecified atom stereocenters. The van der Waals surface area contributed by atoms with Crippen molar-refractivity contribution >= 4 is 7.68 Å². The van der Waals surface area contributed by atoms with E-state index in [9.17, 15) is 8.39 Å². The Kier molecular flexibility index (Phi) is 2.20. The van der Waals surface area contributed by atoms with Crippen LogP contribution in [-0.4, -0.2) is 55.3 Å². The molecule has 0 radical (unpaired) electrons. The molecule has 0 aromatic heterocycles. The Labute approximate surface area is 72.3 Å². The summed E-state index contributed by atoms with van der Waals surface area (Å²) in [7, 11) is 1.01. The van der Waals surface area contributed by atoms with Crippen molar-refractivity contribution in [3.05, 3.63) is 0 Å². The van der Waals surface area contributed by atoms with E-state index in [1.165, 1.54) is 37.5 Å². The van der Waals surface area contributed by atoms with Crippen LogP contribution in [0.2, 0.25) is 0 Å². The molecule has 6 heteroatoms. The van der Waals surface area contributed by atoms with Gasteiger partial charge in [0, 0.05) is 0 Å². The molecule has 0 aromatic rings. The van der Waals surface area contributed by atoms with E-state index in [0.29, 0.717) is 13.1 Å². The number of hydrogen-bond acceptors (Lipinski definition) is 3. The predicted molar refractivity (Wildman–Crippen MR) is 48.1 cm³/mol. The first-order valence-electron chi connectivity index (χ1n) is 3.86. The first-order chi connectivity index (χ1) is 5.29. The Hall–Kier alpha value is 0.170. The van der Waals surface area contributed by atoms with Gasteiger partial charge in [0.2, 0.25) is 0 Å². The molecule has 3 nitrogen and oxygen atoms in total. The average Bonchev–Trinajstić information content (AvgIpc) is 2.16. The third kappa shape index (κ3) is 1.01. The molecule has 0 saturated carbocycles. The molecule has 0 aliphatic carbocycles. The van der Waals surface area contributed by atoms with Crippen LogP contribution in [-0.2, 0) is 0 Å². The van der Waals surface area contributed by atoms with Gasteiger partial charge in [-0.2, -0.15) is 0 Å². The number of halogens is 2. The zero-order valence-corrected chi connectivity index (χ0v) is 8.85. The van der Waals surface area contributed by atoms with Crippen LogP contribution in [0.4, 0.5) is 8.39 Å². The van der Waals surface area contributed by atoms with Crippen molar-refractivity contribution < 1.29 is 8.39 Å². The third-order valence-corrected chi connectivity index (χ3v) is 6.51. The summed E-state index contributed by atoms with van der Waals surface area (Å²) >= 11 is 0. The summed E-state index contributed by atoms with van der Waals surface area (Å²) in [5.74, 6) is 0. The molecule has 74 valence electrons. The van der Waals surface area contributed by atoms with E-state index in [1.54, 1.807) is 0 Å². The maximum absolute atomic E-state index is 14.2. The van der Waals surface area contributed by atoms with Gasteiger partial charge in [0.05, 0.1) is 0 Å². The Morgan fingerprint density at radius 1 is 1.08 bits per heavy atom. The van der Waals surface area contributed by atoms with Gasteiger partial charge in [0.25, 0.3) is 0 Å². The standard InChI is InChI=1S/C6H16F2N3P/c1-9(2)12(7,8)10(3)5-6-11(12)4/h5-6H2,1-4H3. The van der Waals surface area contributed by atoms with Crippen LogP contribution >= 0.6 is 7.68 Å². The summed E-state index contributed by atoms with van der Waals surface area (Å²) in [6.45, 7) is 0.888. The van der Waals surface area contributed by atoms with Crippen molar-refractivity contribution in [2.75, 3.05) is 41.3 Å². The fourth-order valence-corrected chi connectivity index (χ4v) is 4.07. The molecule has 12 heavy (non-hydrogen) atoms. The summed E-state index contributed by atoms with van der Waals surface area (Å²) in [5.41, 5.74) is 0.